The Bertz CT molecular complexity index is 463. The molecule has 1 amide bonds. The van der Waals surface area contributed by atoms with Gasteiger partial charge >= 0.3 is 0 Å². The number of nitrogens with one attached hydrogen (secondary N) is 1. The van der Waals surface area contributed by atoms with E-state index < -0.39 is 0 Å². The smallest absolute Gasteiger partial charge is 0.252 e. The van der Waals surface area contributed by atoms with Crippen molar-refractivity contribution in [2.75, 3.05) is 19.0 Å². The van der Waals surface area contributed by atoms with Gasteiger partial charge in [0.1, 0.15) is 6.61 Å². The Morgan fingerprint density at radius 1 is 1.53 bits per heavy atom. The minimum atomic E-state index is -0.138. The highest BCUT2D eigenvalue weighted by atomic mass is 32.1. The highest BCUT2D eigenvalue weighted by molar-refractivity contribution is 7.15. The number of amides is 1. The number of methoxy groups -OCH3 is 1. The zero-order valence-electron chi connectivity index (χ0n) is 12.1. The number of hydrogen-bond donors (Lipinski definition) is 1. The van der Waals surface area contributed by atoms with E-state index in [0.29, 0.717) is 16.5 Å². The molecule has 0 fully saturated rings. The topological polar surface area (TPSA) is 51.2 Å². The maximum atomic E-state index is 11.5. The van der Waals surface area contributed by atoms with Gasteiger partial charge < -0.3 is 4.74 Å². The first-order valence-electron chi connectivity index (χ1n) is 6.67. The summed E-state index contributed by atoms with van der Waals surface area (Å²) in [6.45, 7) is 6.97. The van der Waals surface area contributed by atoms with Crippen LogP contribution in [0.15, 0.2) is 0 Å². The van der Waals surface area contributed by atoms with Gasteiger partial charge in [0.05, 0.1) is 5.69 Å². The molecule has 4 nitrogen and oxygen atoms in total. The van der Waals surface area contributed by atoms with Crippen molar-refractivity contribution in [1.82, 2.24) is 4.98 Å². The lowest BCUT2D eigenvalue weighted by Gasteiger charge is -2.33. The molecule has 1 aliphatic rings. The molecule has 0 spiro atoms. The van der Waals surface area contributed by atoms with Gasteiger partial charge in [0, 0.05) is 12.0 Å². The quantitative estimate of drug-likeness (QED) is 0.927. The number of aryl methyl sites for hydroxylation is 1. The number of fused-ring (bicyclic) bond motifs is 1. The first kappa shape index (κ1) is 14.5. The summed E-state index contributed by atoms with van der Waals surface area (Å²) in [5.41, 5.74) is 1.50. The van der Waals surface area contributed by atoms with E-state index in [1.165, 1.54) is 24.1 Å². The number of nitrogens with zero attached hydrogens (tertiary/aromatic N) is 1. The van der Waals surface area contributed by atoms with Crippen LogP contribution in [0.4, 0.5) is 5.13 Å². The Hall–Kier alpha value is -0.940. The summed E-state index contributed by atoms with van der Waals surface area (Å²) in [4.78, 5) is 17.3. The van der Waals surface area contributed by atoms with Crippen molar-refractivity contribution in [3.8, 4) is 0 Å². The van der Waals surface area contributed by atoms with E-state index in [2.05, 4.69) is 31.1 Å². The SMILES string of the molecule is COCC(=O)Nc1nc2c(s1)CC(C(C)(C)C)CC2. The van der Waals surface area contributed by atoms with E-state index in [1.807, 2.05) is 0 Å². The van der Waals surface area contributed by atoms with Gasteiger partial charge in [0.2, 0.25) is 0 Å². The van der Waals surface area contributed by atoms with Crippen LogP contribution in [0.1, 0.15) is 37.8 Å². The number of carbonyl (C=O) groups excluding carboxylic acids is 1. The molecule has 0 saturated carbocycles. The zero-order valence-corrected chi connectivity index (χ0v) is 12.9. The van der Waals surface area contributed by atoms with E-state index >= 15 is 0 Å². The average Bonchev–Trinajstić information content (AvgIpc) is 2.68. The molecule has 1 unspecified atom stereocenters. The summed E-state index contributed by atoms with van der Waals surface area (Å²) in [7, 11) is 1.51. The maximum absolute atomic E-state index is 11.5. The molecule has 5 heteroatoms. The molecule has 1 N–H and O–H groups in total. The normalized spacial score (nSPS) is 19.1. The molecule has 0 radical (unpaired) electrons. The summed E-state index contributed by atoms with van der Waals surface area (Å²) < 4.78 is 4.80. The van der Waals surface area contributed by atoms with Crippen molar-refractivity contribution < 1.29 is 9.53 Å². The second kappa shape index (κ2) is 5.59. The van der Waals surface area contributed by atoms with Crippen LogP contribution in [0.3, 0.4) is 0 Å². The number of carbonyl (C=O) groups is 1. The van der Waals surface area contributed by atoms with E-state index in [9.17, 15) is 4.79 Å². The average molecular weight is 282 g/mol. The van der Waals surface area contributed by atoms with Gasteiger partial charge in [-0.25, -0.2) is 4.98 Å². The third kappa shape index (κ3) is 3.54. The van der Waals surface area contributed by atoms with Gasteiger partial charge in [-0.1, -0.05) is 20.8 Å². The monoisotopic (exact) mass is 282 g/mol. The molecule has 2 rings (SSSR count). The van der Waals surface area contributed by atoms with Crippen molar-refractivity contribution in [3.63, 3.8) is 0 Å². The molecule has 1 aromatic rings. The standard InChI is InChI=1S/C14H22N2O2S/c1-14(2,3)9-5-6-10-11(7-9)19-13(15-10)16-12(17)8-18-4/h9H,5-8H2,1-4H3,(H,15,16,17). The molecule has 106 valence electrons. The minimum absolute atomic E-state index is 0.0782. The molecule has 1 aromatic heterocycles. The van der Waals surface area contributed by atoms with Crippen LogP contribution >= 0.6 is 11.3 Å². The Morgan fingerprint density at radius 3 is 2.89 bits per heavy atom. The first-order chi connectivity index (χ1) is 8.90. The van der Waals surface area contributed by atoms with Crippen LogP contribution in [0.25, 0.3) is 0 Å². The van der Waals surface area contributed by atoms with Crippen molar-refractivity contribution in [2.24, 2.45) is 11.3 Å². The lowest BCUT2D eigenvalue weighted by atomic mass is 9.73. The Kier molecular flexibility index (Phi) is 4.26. The van der Waals surface area contributed by atoms with Crippen molar-refractivity contribution in [1.29, 1.82) is 0 Å². The molecule has 0 bridgehead atoms. The van der Waals surface area contributed by atoms with E-state index in [1.54, 1.807) is 11.3 Å². The highest BCUT2D eigenvalue weighted by Gasteiger charge is 2.30. The van der Waals surface area contributed by atoms with E-state index in [-0.39, 0.29) is 12.5 Å². The molecule has 19 heavy (non-hydrogen) atoms. The number of anilines is 1. The van der Waals surface area contributed by atoms with Gasteiger partial charge in [-0.05, 0) is 30.6 Å². The fourth-order valence-electron chi connectivity index (χ4n) is 2.45. The Labute approximate surface area is 118 Å². The largest absolute Gasteiger partial charge is 0.375 e. The molecule has 0 aromatic carbocycles. The van der Waals surface area contributed by atoms with Crippen LogP contribution in [0, 0.1) is 11.3 Å². The van der Waals surface area contributed by atoms with Gasteiger partial charge in [0.25, 0.3) is 5.91 Å². The maximum Gasteiger partial charge on any atom is 0.252 e. The number of hydrogen-bond acceptors (Lipinski definition) is 4. The number of aromatic nitrogens is 1. The first-order valence-corrected chi connectivity index (χ1v) is 7.49. The highest BCUT2D eigenvalue weighted by Crippen LogP contribution is 2.39. The summed E-state index contributed by atoms with van der Waals surface area (Å²) >= 11 is 1.61. The summed E-state index contributed by atoms with van der Waals surface area (Å²) in [5, 5.41) is 3.51. The lowest BCUT2D eigenvalue weighted by molar-refractivity contribution is -0.119. The fraction of sp³-hybridized carbons (Fsp3) is 0.714. The predicted molar refractivity (Wildman–Crippen MR) is 77.6 cm³/mol. The van der Waals surface area contributed by atoms with Crippen molar-refractivity contribution in [2.45, 2.75) is 40.0 Å². The van der Waals surface area contributed by atoms with Gasteiger partial charge in [-0.3, -0.25) is 10.1 Å². The van der Waals surface area contributed by atoms with Crippen LogP contribution < -0.4 is 5.32 Å². The third-order valence-corrected chi connectivity index (χ3v) is 4.72. The lowest BCUT2D eigenvalue weighted by Crippen LogP contribution is -2.26. The molecular formula is C14H22N2O2S. The molecule has 0 saturated heterocycles. The fourth-order valence-corrected chi connectivity index (χ4v) is 3.56. The Balaban J connectivity index is 2.06. The second-order valence-electron chi connectivity index (χ2n) is 6.18. The van der Waals surface area contributed by atoms with Gasteiger partial charge in [-0.15, -0.1) is 11.3 Å². The van der Waals surface area contributed by atoms with Gasteiger partial charge in [-0.2, -0.15) is 0 Å². The summed E-state index contributed by atoms with van der Waals surface area (Å²) in [5.74, 6) is 0.559. The summed E-state index contributed by atoms with van der Waals surface area (Å²) in [6, 6.07) is 0. The van der Waals surface area contributed by atoms with E-state index in [0.717, 1.165) is 12.8 Å². The van der Waals surface area contributed by atoms with Gasteiger partial charge in [0.15, 0.2) is 5.13 Å². The summed E-state index contributed by atoms with van der Waals surface area (Å²) in [6.07, 6.45) is 3.29. The minimum Gasteiger partial charge on any atom is -0.375 e. The Morgan fingerprint density at radius 2 is 2.26 bits per heavy atom. The molecular weight excluding hydrogens is 260 g/mol. The second-order valence-corrected chi connectivity index (χ2v) is 7.26. The van der Waals surface area contributed by atoms with E-state index in [4.69, 9.17) is 4.74 Å². The van der Waals surface area contributed by atoms with Crippen molar-refractivity contribution in [3.05, 3.63) is 10.6 Å². The molecule has 0 aliphatic heterocycles. The molecule has 1 atom stereocenters. The van der Waals surface area contributed by atoms with Crippen LogP contribution in [-0.2, 0) is 22.4 Å². The van der Waals surface area contributed by atoms with Crippen LogP contribution in [-0.4, -0.2) is 24.6 Å². The number of ether oxygens (including phenoxy) is 1. The molecule has 1 aliphatic carbocycles. The number of thiazole rings is 1. The van der Waals surface area contributed by atoms with Crippen molar-refractivity contribution >= 4 is 22.4 Å². The number of rotatable bonds is 3. The third-order valence-electron chi connectivity index (χ3n) is 3.69. The van der Waals surface area contributed by atoms with Crippen LogP contribution in [0.5, 0.6) is 0 Å². The zero-order chi connectivity index (χ0) is 14.0. The van der Waals surface area contributed by atoms with Crippen LogP contribution in [0.2, 0.25) is 0 Å². The molecule has 1 heterocycles. The predicted octanol–water partition coefficient (Wildman–Crippen LogP) is 2.88.